The predicted octanol–water partition coefficient (Wildman–Crippen LogP) is 4.56. The van der Waals surface area contributed by atoms with Crippen LogP contribution in [0.15, 0.2) is 47.3 Å². The lowest BCUT2D eigenvalue weighted by atomic mass is 10.1. The number of rotatable bonds is 3. The predicted molar refractivity (Wildman–Crippen MR) is 78.4 cm³/mol. The lowest BCUT2D eigenvalue weighted by molar-refractivity contribution is 1.17. The van der Waals surface area contributed by atoms with Gasteiger partial charge in [0.1, 0.15) is 0 Å². The summed E-state index contributed by atoms with van der Waals surface area (Å²) in [7, 11) is 0. The minimum atomic E-state index is 0.687. The SMILES string of the molecule is Clc1ccc(NCc2ccsc2)c2cccnc12. The number of nitrogens with zero attached hydrogens (tertiary/aromatic N) is 1. The van der Waals surface area contributed by atoms with E-state index < -0.39 is 0 Å². The van der Waals surface area contributed by atoms with E-state index in [-0.39, 0.29) is 0 Å². The average Bonchev–Trinajstić information content (AvgIpc) is 2.92. The van der Waals surface area contributed by atoms with E-state index in [0.717, 1.165) is 23.1 Å². The van der Waals surface area contributed by atoms with Crippen molar-refractivity contribution in [3.8, 4) is 0 Å². The topological polar surface area (TPSA) is 24.9 Å². The summed E-state index contributed by atoms with van der Waals surface area (Å²) in [5.41, 5.74) is 3.19. The number of benzene rings is 1. The van der Waals surface area contributed by atoms with Gasteiger partial charge in [-0.2, -0.15) is 11.3 Å². The average molecular weight is 275 g/mol. The highest BCUT2D eigenvalue weighted by molar-refractivity contribution is 7.07. The van der Waals surface area contributed by atoms with Crippen LogP contribution in [0.2, 0.25) is 5.02 Å². The lowest BCUT2D eigenvalue weighted by Gasteiger charge is -2.09. The summed E-state index contributed by atoms with van der Waals surface area (Å²) >= 11 is 7.85. The normalized spacial score (nSPS) is 10.7. The van der Waals surface area contributed by atoms with Gasteiger partial charge in [0.25, 0.3) is 0 Å². The van der Waals surface area contributed by atoms with Crippen LogP contribution in [0, 0.1) is 0 Å². The number of hydrogen-bond acceptors (Lipinski definition) is 3. The van der Waals surface area contributed by atoms with Gasteiger partial charge in [-0.3, -0.25) is 4.98 Å². The summed E-state index contributed by atoms with van der Waals surface area (Å²) in [6, 6.07) is 9.96. The molecule has 0 aliphatic rings. The van der Waals surface area contributed by atoms with E-state index in [1.807, 2.05) is 24.3 Å². The molecule has 0 fully saturated rings. The molecule has 3 rings (SSSR count). The third-order valence-electron chi connectivity index (χ3n) is 2.78. The van der Waals surface area contributed by atoms with Crippen molar-refractivity contribution in [1.82, 2.24) is 4.98 Å². The van der Waals surface area contributed by atoms with Gasteiger partial charge in [0.2, 0.25) is 0 Å². The molecule has 2 heterocycles. The number of pyridine rings is 1. The van der Waals surface area contributed by atoms with E-state index in [2.05, 4.69) is 27.1 Å². The number of hydrogen-bond donors (Lipinski definition) is 1. The summed E-state index contributed by atoms with van der Waals surface area (Å²) in [5, 5.41) is 9.39. The maximum atomic E-state index is 6.14. The first-order valence-corrected chi connectivity index (χ1v) is 6.95. The standard InChI is InChI=1S/C14H11ClN2S/c15-12-3-4-13(11-2-1-6-16-14(11)12)17-8-10-5-7-18-9-10/h1-7,9,17H,8H2. The highest BCUT2D eigenvalue weighted by Gasteiger charge is 2.05. The number of aromatic nitrogens is 1. The highest BCUT2D eigenvalue weighted by atomic mass is 35.5. The molecule has 4 heteroatoms. The van der Waals surface area contributed by atoms with Gasteiger partial charge in [-0.25, -0.2) is 0 Å². The van der Waals surface area contributed by atoms with Crippen molar-refractivity contribution in [2.24, 2.45) is 0 Å². The lowest BCUT2D eigenvalue weighted by Crippen LogP contribution is -1.99. The Morgan fingerprint density at radius 2 is 2.17 bits per heavy atom. The van der Waals surface area contributed by atoms with Crippen LogP contribution in [0.1, 0.15) is 5.56 Å². The van der Waals surface area contributed by atoms with Crippen LogP contribution in [0.5, 0.6) is 0 Å². The number of nitrogens with one attached hydrogen (secondary N) is 1. The fourth-order valence-corrected chi connectivity index (χ4v) is 2.77. The Bertz CT molecular complexity index is 665. The van der Waals surface area contributed by atoms with E-state index in [0.29, 0.717) is 5.02 Å². The molecule has 0 radical (unpaired) electrons. The van der Waals surface area contributed by atoms with Crippen molar-refractivity contribution in [3.63, 3.8) is 0 Å². The maximum Gasteiger partial charge on any atom is 0.0908 e. The fourth-order valence-electron chi connectivity index (χ4n) is 1.88. The van der Waals surface area contributed by atoms with E-state index in [4.69, 9.17) is 11.6 Å². The highest BCUT2D eigenvalue weighted by Crippen LogP contribution is 2.28. The Morgan fingerprint density at radius 3 is 3.00 bits per heavy atom. The van der Waals surface area contributed by atoms with Crippen LogP contribution in [0.25, 0.3) is 10.9 Å². The maximum absolute atomic E-state index is 6.14. The monoisotopic (exact) mass is 274 g/mol. The molecule has 2 nitrogen and oxygen atoms in total. The molecular formula is C14H11ClN2S. The Kier molecular flexibility index (Phi) is 3.17. The van der Waals surface area contributed by atoms with Gasteiger partial charge in [-0.1, -0.05) is 11.6 Å². The Hall–Kier alpha value is -1.58. The van der Waals surface area contributed by atoms with Crippen LogP contribution in [-0.2, 0) is 6.54 Å². The van der Waals surface area contributed by atoms with Gasteiger partial charge in [0.05, 0.1) is 10.5 Å². The van der Waals surface area contributed by atoms with Crippen molar-refractivity contribution in [3.05, 3.63) is 57.9 Å². The molecule has 1 N–H and O–H groups in total. The van der Waals surface area contributed by atoms with Crippen LogP contribution in [-0.4, -0.2) is 4.98 Å². The van der Waals surface area contributed by atoms with Crippen molar-refractivity contribution >= 4 is 39.5 Å². The molecule has 0 spiro atoms. The van der Waals surface area contributed by atoms with E-state index in [1.165, 1.54) is 5.56 Å². The number of halogens is 1. The van der Waals surface area contributed by atoms with Crippen molar-refractivity contribution in [2.45, 2.75) is 6.54 Å². The molecule has 0 saturated heterocycles. The molecule has 18 heavy (non-hydrogen) atoms. The van der Waals surface area contributed by atoms with Gasteiger partial charge in [0.15, 0.2) is 0 Å². The zero-order valence-corrected chi connectivity index (χ0v) is 11.1. The van der Waals surface area contributed by atoms with Crippen molar-refractivity contribution in [1.29, 1.82) is 0 Å². The first-order chi connectivity index (χ1) is 8.84. The minimum absolute atomic E-state index is 0.687. The van der Waals surface area contributed by atoms with E-state index >= 15 is 0 Å². The molecule has 0 bridgehead atoms. The van der Waals surface area contributed by atoms with Crippen molar-refractivity contribution in [2.75, 3.05) is 5.32 Å². The minimum Gasteiger partial charge on any atom is -0.380 e. The molecule has 1 aromatic carbocycles. The summed E-state index contributed by atoms with van der Waals surface area (Å²) in [6.07, 6.45) is 1.76. The van der Waals surface area contributed by atoms with E-state index in [1.54, 1.807) is 17.5 Å². The molecule has 0 aliphatic heterocycles. The number of anilines is 1. The Labute approximate surface area is 114 Å². The quantitative estimate of drug-likeness (QED) is 0.757. The smallest absolute Gasteiger partial charge is 0.0908 e. The third kappa shape index (κ3) is 2.19. The molecular weight excluding hydrogens is 264 g/mol. The van der Waals surface area contributed by atoms with Gasteiger partial charge in [-0.05, 0) is 46.7 Å². The van der Waals surface area contributed by atoms with Crippen LogP contribution in [0.4, 0.5) is 5.69 Å². The van der Waals surface area contributed by atoms with Gasteiger partial charge in [0, 0.05) is 23.8 Å². The fraction of sp³-hybridized carbons (Fsp3) is 0.0714. The van der Waals surface area contributed by atoms with Crippen LogP contribution >= 0.6 is 22.9 Å². The van der Waals surface area contributed by atoms with Crippen LogP contribution in [0.3, 0.4) is 0 Å². The first-order valence-electron chi connectivity index (χ1n) is 5.63. The molecule has 0 aliphatic carbocycles. The summed E-state index contributed by atoms with van der Waals surface area (Å²) in [6.45, 7) is 0.815. The Balaban J connectivity index is 1.94. The Morgan fingerprint density at radius 1 is 1.22 bits per heavy atom. The first kappa shape index (κ1) is 11.5. The summed E-state index contributed by atoms with van der Waals surface area (Å²) < 4.78 is 0. The summed E-state index contributed by atoms with van der Waals surface area (Å²) in [5.74, 6) is 0. The largest absolute Gasteiger partial charge is 0.380 e. The van der Waals surface area contributed by atoms with Crippen molar-refractivity contribution < 1.29 is 0 Å². The molecule has 0 amide bonds. The molecule has 90 valence electrons. The zero-order valence-electron chi connectivity index (χ0n) is 9.56. The molecule has 3 aromatic rings. The van der Waals surface area contributed by atoms with Gasteiger partial charge >= 0.3 is 0 Å². The van der Waals surface area contributed by atoms with Gasteiger partial charge in [-0.15, -0.1) is 0 Å². The van der Waals surface area contributed by atoms with Gasteiger partial charge < -0.3 is 5.32 Å². The van der Waals surface area contributed by atoms with Crippen LogP contribution < -0.4 is 5.32 Å². The molecule has 0 unspecified atom stereocenters. The second-order valence-electron chi connectivity index (χ2n) is 3.98. The second-order valence-corrected chi connectivity index (χ2v) is 5.17. The number of thiophene rings is 1. The third-order valence-corrected chi connectivity index (χ3v) is 3.82. The second kappa shape index (κ2) is 4.96. The van der Waals surface area contributed by atoms with E-state index in [9.17, 15) is 0 Å². The molecule has 2 aromatic heterocycles. The molecule has 0 atom stereocenters. The summed E-state index contributed by atoms with van der Waals surface area (Å²) in [4.78, 5) is 4.32. The molecule has 0 saturated carbocycles. The number of fused-ring (bicyclic) bond motifs is 1. The zero-order chi connectivity index (χ0) is 12.4.